The Bertz CT molecular complexity index is 565. The normalized spacial score (nSPS) is 12.7. The lowest BCUT2D eigenvalue weighted by molar-refractivity contribution is 0.700. The maximum absolute atomic E-state index is 6.22. The second-order valence-electron chi connectivity index (χ2n) is 4.30. The summed E-state index contributed by atoms with van der Waals surface area (Å²) in [5.74, 6) is 0. The van der Waals surface area contributed by atoms with Gasteiger partial charge in [0.1, 0.15) is 0 Å². The molecule has 0 aliphatic heterocycles. The zero-order valence-corrected chi connectivity index (χ0v) is 14.3. The molecule has 2 aromatic rings. The molecule has 0 fully saturated rings. The molecule has 0 spiro atoms. The highest BCUT2D eigenvalue weighted by Gasteiger charge is 2.17. The number of hydrogen-bond acceptors (Lipinski definition) is 2. The van der Waals surface area contributed by atoms with Gasteiger partial charge >= 0.3 is 0 Å². The molecule has 1 N–H and O–H groups in total. The van der Waals surface area contributed by atoms with E-state index in [1.54, 1.807) is 0 Å². The molecule has 18 heavy (non-hydrogen) atoms. The van der Waals surface area contributed by atoms with Crippen molar-refractivity contribution in [1.82, 2.24) is 5.32 Å². The number of rotatable bonds is 3. The second-order valence-corrected chi connectivity index (χ2v) is 7.16. The molecule has 0 bridgehead atoms. The van der Waals surface area contributed by atoms with Crippen molar-refractivity contribution in [2.75, 3.05) is 7.05 Å². The van der Waals surface area contributed by atoms with E-state index < -0.39 is 0 Å². The van der Waals surface area contributed by atoms with Gasteiger partial charge in [0.2, 0.25) is 0 Å². The van der Waals surface area contributed by atoms with Crippen LogP contribution in [0.5, 0.6) is 0 Å². The maximum atomic E-state index is 6.22. The van der Waals surface area contributed by atoms with Gasteiger partial charge in [-0.15, -0.1) is 11.3 Å². The van der Waals surface area contributed by atoms with Crippen LogP contribution in [0.25, 0.3) is 0 Å². The first-order chi connectivity index (χ1) is 8.52. The summed E-state index contributed by atoms with van der Waals surface area (Å²) in [6.45, 7) is 4.31. The molecule has 1 unspecified atom stereocenters. The van der Waals surface area contributed by atoms with Crippen molar-refractivity contribution >= 4 is 45.5 Å². The smallest absolute Gasteiger partial charge is 0.0671 e. The monoisotopic (exact) mass is 391 g/mol. The molecule has 1 aromatic heterocycles. The van der Waals surface area contributed by atoms with Crippen molar-refractivity contribution in [1.29, 1.82) is 0 Å². The number of halogens is 2. The standard InChI is InChI=1S/C14H15ClINS/c1-8-6-9(2)18-14(8)13(17-3)10-4-5-12(16)11(15)7-10/h4-7,13,17H,1-3H3. The summed E-state index contributed by atoms with van der Waals surface area (Å²) >= 11 is 10.3. The second kappa shape index (κ2) is 5.90. The average molecular weight is 392 g/mol. The lowest BCUT2D eigenvalue weighted by atomic mass is 10.0. The zero-order chi connectivity index (χ0) is 13.3. The number of nitrogens with one attached hydrogen (secondary N) is 1. The van der Waals surface area contributed by atoms with Crippen LogP contribution in [0.4, 0.5) is 0 Å². The fraction of sp³-hybridized carbons (Fsp3) is 0.286. The van der Waals surface area contributed by atoms with Crippen molar-refractivity contribution in [2.45, 2.75) is 19.9 Å². The van der Waals surface area contributed by atoms with Gasteiger partial charge in [-0.1, -0.05) is 17.7 Å². The molecule has 0 radical (unpaired) electrons. The van der Waals surface area contributed by atoms with Gasteiger partial charge in [-0.25, -0.2) is 0 Å². The van der Waals surface area contributed by atoms with Crippen LogP contribution < -0.4 is 5.32 Å². The predicted octanol–water partition coefficient (Wildman–Crippen LogP) is 4.93. The summed E-state index contributed by atoms with van der Waals surface area (Å²) in [5.41, 5.74) is 2.55. The Kier molecular flexibility index (Phi) is 4.69. The van der Waals surface area contributed by atoms with E-state index in [4.69, 9.17) is 11.6 Å². The predicted molar refractivity (Wildman–Crippen MR) is 88.9 cm³/mol. The van der Waals surface area contributed by atoms with E-state index in [-0.39, 0.29) is 6.04 Å². The highest BCUT2D eigenvalue weighted by molar-refractivity contribution is 14.1. The molecule has 0 aliphatic carbocycles. The number of thiophene rings is 1. The van der Waals surface area contributed by atoms with Crippen molar-refractivity contribution in [3.63, 3.8) is 0 Å². The fourth-order valence-corrected chi connectivity index (χ4v) is 3.79. The zero-order valence-electron chi connectivity index (χ0n) is 10.6. The largest absolute Gasteiger partial charge is 0.309 e. The first kappa shape index (κ1) is 14.3. The highest BCUT2D eigenvalue weighted by atomic mass is 127. The summed E-state index contributed by atoms with van der Waals surface area (Å²) in [6, 6.07) is 8.72. The first-order valence-electron chi connectivity index (χ1n) is 5.72. The number of hydrogen-bond donors (Lipinski definition) is 1. The highest BCUT2D eigenvalue weighted by Crippen LogP contribution is 2.33. The molecule has 1 aromatic carbocycles. The molecule has 0 saturated heterocycles. The van der Waals surface area contributed by atoms with Crippen LogP contribution in [0.15, 0.2) is 24.3 Å². The topological polar surface area (TPSA) is 12.0 Å². The van der Waals surface area contributed by atoms with Crippen LogP contribution in [0, 0.1) is 17.4 Å². The van der Waals surface area contributed by atoms with E-state index in [9.17, 15) is 0 Å². The van der Waals surface area contributed by atoms with Gasteiger partial charge in [-0.2, -0.15) is 0 Å². The lowest BCUT2D eigenvalue weighted by Gasteiger charge is -2.17. The van der Waals surface area contributed by atoms with E-state index in [1.807, 2.05) is 18.4 Å². The molecule has 1 atom stereocenters. The van der Waals surface area contributed by atoms with Crippen molar-refractivity contribution in [2.24, 2.45) is 0 Å². The molecule has 1 heterocycles. The van der Waals surface area contributed by atoms with Crippen LogP contribution in [-0.4, -0.2) is 7.05 Å². The molecule has 2 rings (SSSR count). The van der Waals surface area contributed by atoms with Crippen LogP contribution in [0.2, 0.25) is 5.02 Å². The molecular weight excluding hydrogens is 377 g/mol. The van der Waals surface area contributed by atoms with E-state index >= 15 is 0 Å². The summed E-state index contributed by atoms with van der Waals surface area (Å²) in [7, 11) is 1.99. The van der Waals surface area contributed by atoms with Gasteiger partial charge in [-0.3, -0.25) is 0 Å². The van der Waals surface area contributed by atoms with E-state index in [0.29, 0.717) is 0 Å². The molecule has 0 aliphatic rings. The van der Waals surface area contributed by atoms with E-state index in [2.05, 4.69) is 66.0 Å². The van der Waals surface area contributed by atoms with Crippen LogP contribution in [0.1, 0.15) is 26.9 Å². The lowest BCUT2D eigenvalue weighted by Crippen LogP contribution is -2.17. The van der Waals surface area contributed by atoms with Gasteiger partial charge in [0.25, 0.3) is 0 Å². The van der Waals surface area contributed by atoms with Gasteiger partial charge in [0, 0.05) is 13.3 Å². The van der Waals surface area contributed by atoms with Gasteiger partial charge in [0.05, 0.1) is 11.1 Å². The minimum atomic E-state index is 0.221. The third-order valence-electron chi connectivity index (χ3n) is 2.91. The van der Waals surface area contributed by atoms with Crippen LogP contribution >= 0.6 is 45.5 Å². The molecule has 4 heteroatoms. The molecule has 0 amide bonds. The van der Waals surface area contributed by atoms with Gasteiger partial charge in [0.15, 0.2) is 0 Å². The van der Waals surface area contributed by atoms with E-state index in [1.165, 1.54) is 20.9 Å². The summed E-state index contributed by atoms with van der Waals surface area (Å²) in [5, 5.41) is 4.20. The molecular formula is C14H15ClINS. The molecule has 1 nitrogen and oxygen atoms in total. The summed E-state index contributed by atoms with van der Waals surface area (Å²) in [6.07, 6.45) is 0. The Balaban J connectivity index is 2.45. The number of aryl methyl sites for hydroxylation is 2. The Labute approximate surface area is 131 Å². The quantitative estimate of drug-likeness (QED) is 0.731. The summed E-state index contributed by atoms with van der Waals surface area (Å²) in [4.78, 5) is 2.71. The average Bonchev–Trinajstić information content (AvgIpc) is 2.64. The van der Waals surface area contributed by atoms with Crippen molar-refractivity contribution in [3.05, 3.63) is 53.7 Å². The third-order valence-corrected chi connectivity index (χ3v) is 5.70. The fourth-order valence-electron chi connectivity index (χ4n) is 2.09. The van der Waals surface area contributed by atoms with Crippen molar-refractivity contribution in [3.8, 4) is 0 Å². The third kappa shape index (κ3) is 2.90. The van der Waals surface area contributed by atoms with Crippen LogP contribution in [-0.2, 0) is 0 Å². The Morgan fingerprint density at radius 3 is 2.50 bits per heavy atom. The molecule has 96 valence electrons. The summed E-state index contributed by atoms with van der Waals surface area (Å²) < 4.78 is 1.09. The molecule has 0 saturated carbocycles. The number of benzene rings is 1. The maximum Gasteiger partial charge on any atom is 0.0671 e. The minimum absolute atomic E-state index is 0.221. The van der Waals surface area contributed by atoms with E-state index in [0.717, 1.165) is 8.59 Å². The van der Waals surface area contributed by atoms with Crippen LogP contribution in [0.3, 0.4) is 0 Å². The Hall–Kier alpha value is -0.100. The Morgan fingerprint density at radius 1 is 1.28 bits per heavy atom. The minimum Gasteiger partial charge on any atom is -0.309 e. The van der Waals surface area contributed by atoms with Gasteiger partial charge < -0.3 is 5.32 Å². The van der Waals surface area contributed by atoms with Crippen molar-refractivity contribution < 1.29 is 0 Å². The Morgan fingerprint density at radius 2 is 2.00 bits per heavy atom. The SMILES string of the molecule is CNC(c1ccc(I)c(Cl)c1)c1sc(C)cc1C. The van der Waals surface area contributed by atoms with Gasteiger partial charge in [-0.05, 0) is 72.8 Å². The first-order valence-corrected chi connectivity index (χ1v) is 7.99.